The molecular formula is C14H13ClN2O2. The molecule has 0 saturated carbocycles. The Balaban J connectivity index is 2.06. The second-order valence-corrected chi connectivity index (χ2v) is 4.14. The van der Waals surface area contributed by atoms with Gasteiger partial charge in [-0.15, -0.1) is 0 Å². The van der Waals surface area contributed by atoms with E-state index in [9.17, 15) is 4.79 Å². The topological polar surface area (TPSA) is 51.2 Å². The van der Waals surface area contributed by atoms with Crippen LogP contribution < -0.4 is 10.1 Å². The van der Waals surface area contributed by atoms with Crippen LogP contribution in [0.1, 0.15) is 17.4 Å². The van der Waals surface area contributed by atoms with Gasteiger partial charge in [-0.1, -0.05) is 17.7 Å². The van der Waals surface area contributed by atoms with E-state index in [1.165, 1.54) is 0 Å². The summed E-state index contributed by atoms with van der Waals surface area (Å²) in [7, 11) is 0. The van der Waals surface area contributed by atoms with Crippen LogP contribution in [0.4, 0.5) is 5.69 Å². The summed E-state index contributed by atoms with van der Waals surface area (Å²) in [5.74, 6) is 0.466. The number of carbonyl (C=O) groups excluding carboxylic acids is 1. The van der Waals surface area contributed by atoms with Crippen molar-refractivity contribution < 1.29 is 9.53 Å². The second kappa shape index (κ2) is 6.20. The number of hydrogen-bond donors (Lipinski definition) is 1. The number of ether oxygens (including phenoxy) is 1. The number of amides is 1. The minimum Gasteiger partial charge on any atom is -0.494 e. The fraction of sp³-hybridized carbons (Fsp3) is 0.143. The van der Waals surface area contributed by atoms with E-state index in [2.05, 4.69) is 10.3 Å². The third-order valence-electron chi connectivity index (χ3n) is 2.37. The second-order valence-electron chi connectivity index (χ2n) is 3.76. The number of rotatable bonds is 4. The molecule has 1 amide bonds. The Hall–Kier alpha value is -2.07. The Morgan fingerprint density at radius 2 is 2.00 bits per heavy atom. The van der Waals surface area contributed by atoms with Crippen LogP contribution in [-0.2, 0) is 0 Å². The molecule has 0 aliphatic heterocycles. The predicted octanol–water partition coefficient (Wildman–Crippen LogP) is 3.39. The summed E-state index contributed by atoms with van der Waals surface area (Å²) in [5, 5.41) is 3.03. The number of nitrogens with one attached hydrogen (secondary N) is 1. The number of hydrogen-bond acceptors (Lipinski definition) is 3. The number of carbonyl (C=O) groups is 1. The fourth-order valence-electron chi connectivity index (χ4n) is 1.53. The maximum atomic E-state index is 11.9. The van der Waals surface area contributed by atoms with Crippen molar-refractivity contribution in [3.05, 3.63) is 53.3 Å². The Bertz CT molecular complexity index is 570. The Labute approximate surface area is 116 Å². The molecule has 98 valence electrons. The summed E-state index contributed by atoms with van der Waals surface area (Å²) in [6.07, 6.45) is 0. The molecule has 0 aliphatic rings. The average Bonchev–Trinajstić information content (AvgIpc) is 2.41. The Morgan fingerprint density at radius 1 is 1.26 bits per heavy atom. The molecule has 2 aromatic rings. The lowest BCUT2D eigenvalue weighted by Crippen LogP contribution is -2.13. The van der Waals surface area contributed by atoms with E-state index >= 15 is 0 Å². The van der Waals surface area contributed by atoms with Gasteiger partial charge < -0.3 is 10.1 Å². The van der Waals surface area contributed by atoms with Crippen molar-refractivity contribution in [2.75, 3.05) is 11.9 Å². The van der Waals surface area contributed by atoms with Crippen molar-refractivity contribution in [3.8, 4) is 5.75 Å². The summed E-state index contributed by atoms with van der Waals surface area (Å²) in [5.41, 5.74) is 0.955. The summed E-state index contributed by atoms with van der Waals surface area (Å²) < 4.78 is 5.32. The van der Waals surface area contributed by atoms with Crippen LogP contribution in [0.25, 0.3) is 0 Å². The van der Waals surface area contributed by atoms with Gasteiger partial charge in [0, 0.05) is 5.69 Å². The van der Waals surface area contributed by atoms with E-state index in [0.717, 1.165) is 5.75 Å². The highest BCUT2D eigenvalue weighted by molar-refractivity contribution is 6.29. The van der Waals surface area contributed by atoms with Crippen molar-refractivity contribution in [1.29, 1.82) is 0 Å². The van der Waals surface area contributed by atoms with Gasteiger partial charge in [-0.25, -0.2) is 4.98 Å². The molecule has 2 rings (SSSR count). The van der Waals surface area contributed by atoms with E-state index in [4.69, 9.17) is 16.3 Å². The van der Waals surface area contributed by atoms with E-state index in [-0.39, 0.29) is 11.6 Å². The molecule has 1 aromatic heterocycles. The molecular weight excluding hydrogens is 264 g/mol. The average molecular weight is 277 g/mol. The lowest BCUT2D eigenvalue weighted by Gasteiger charge is -2.06. The van der Waals surface area contributed by atoms with Gasteiger partial charge >= 0.3 is 0 Å². The van der Waals surface area contributed by atoms with Crippen LogP contribution >= 0.6 is 11.6 Å². The monoisotopic (exact) mass is 276 g/mol. The molecule has 0 saturated heterocycles. The number of aromatic nitrogens is 1. The summed E-state index contributed by atoms with van der Waals surface area (Å²) in [6, 6.07) is 12.0. The van der Waals surface area contributed by atoms with Gasteiger partial charge in [0.2, 0.25) is 0 Å². The van der Waals surface area contributed by atoms with Crippen LogP contribution in [-0.4, -0.2) is 17.5 Å². The molecule has 0 spiro atoms. The first-order valence-electron chi connectivity index (χ1n) is 5.86. The minimum atomic E-state index is -0.299. The zero-order valence-electron chi connectivity index (χ0n) is 10.4. The van der Waals surface area contributed by atoms with Gasteiger partial charge in [-0.2, -0.15) is 0 Å². The molecule has 1 N–H and O–H groups in total. The largest absolute Gasteiger partial charge is 0.494 e. The number of pyridine rings is 1. The van der Waals surface area contributed by atoms with Crippen LogP contribution in [0.3, 0.4) is 0 Å². The van der Waals surface area contributed by atoms with Crippen LogP contribution in [0, 0.1) is 0 Å². The van der Waals surface area contributed by atoms with Crippen LogP contribution in [0.5, 0.6) is 5.75 Å². The van der Waals surface area contributed by atoms with Crippen molar-refractivity contribution in [2.24, 2.45) is 0 Å². The van der Waals surface area contributed by atoms with Crippen molar-refractivity contribution in [2.45, 2.75) is 6.92 Å². The van der Waals surface area contributed by atoms with E-state index in [1.54, 1.807) is 42.5 Å². The molecule has 0 bridgehead atoms. The smallest absolute Gasteiger partial charge is 0.274 e. The molecule has 1 heterocycles. The van der Waals surface area contributed by atoms with Gasteiger partial charge in [0.25, 0.3) is 5.91 Å². The summed E-state index contributed by atoms with van der Waals surface area (Å²) in [4.78, 5) is 15.9. The normalized spacial score (nSPS) is 10.0. The molecule has 1 aromatic carbocycles. The van der Waals surface area contributed by atoms with E-state index < -0.39 is 0 Å². The third-order valence-corrected chi connectivity index (χ3v) is 2.58. The highest BCUT2D eigenvalue weighted by Gasteiger charge is 2.07. The van der Waals surface area contributed by atoms with E-state index in [1.807, 2.05) is 6.92 Å². The van der Waals surface area contributed by atoms with Gasteiger partial charge in [0.1, 0.15) is 16.6 Å². The van der Waals surface area contributed by atoms with Crippen molar-refractivity contribution in [1.82, 2.24) is 4.98 Å². The van der Waals surface area contributed by atoms with Gasteiger partial charge in [0.15, 0.2) is 0 Å². The number of halogens is 1. The number of nitrogens with zero attached hydrogens (tertiary/aromatic N) is 1. The van der Waals surface area contributed by atoms with Gasteiger partial charge in [-0.05, 0) is 43.3 Å². The molecule has 0 fully saturated rings. The maximum Gasteiger partial charge on any atom is 0.274 e. The first-order chi connectivity index (χ1) is 9.19. The van der Waals surface area contributed by atoms with Crippen molar-refractivity contribution in [3.63, 3.8) is 0 Å². The summed E-state index contributed by atoms with van der Waals surface area (Å²) in [6.45, 7) is 2.53. The van der Waals surface area contributed by atoms with E-state index in [0.29, 0.717) is 17.4 Å². The van der Waals surface area contributed by atoms with Crippen molar-refractivity contribution >= 4 is 23.2 Å². The predicted molar refractivity (Wildman–Crippen MR) is 74.8 cm³/mol. The fourth-order valence-corrected chi connectivity index (χ4v) is 1.69. The molecule has 0 unspecified atom stereocenters. The highest BCUT2D eigenvalue weighted by Crippen LogP contribution is 2.16. The quantitative estimate of drug-likeness (QED) is 0.871. The molecule has 0 atom stereocenters. The maximum absolute atomic E-state index is 11.9. The minimum absolute atomic E-state index is 0.279. The SMILES string of the molecule is CCOc1ccc(NC(=O)c2cccc(Cl)n2)cc1. The van der Waals surface area contributed by atoms with Crippen LogP contribution in [0.15, 0.2) is 42.5 Å². The lowest BCUT2D eigenvalue weighted by atomic mass is 10.3. The molecule has 0 radical (unpaired) electrons. The molecule has 5 heteroatoms. The lowest BCUT2D eigenvalue weighted by molar-refractivity contribution is 0.102. The highest BCUT2D eigenvalue weighted by atomic mass is 35.5. The molecule has 19 heavy (non-hydrogen) atoms. The zero-order chi connectivity index (χ0) is 13.7. The standard InChI is InChI=1S/C14H13ClN2O2/c1-2-19-11-8-6-10(7-9-11)16-14(18)12-4-3-5-13(15)17-12/h3-9H,2H2,1H3,(H,16,18). The Kier molecular flexibility index (Phi) is 4.36. The number of benzene rings is 1. The van der Waals surface area contributed by atoms with Gasteiger partial charge in [-0.3, -0.25) is 4.79 Å². The first kappa shape index (κ1) is 13.4. The van der Waals surface area contributed by atoms with Crippen LogP contribution in [0.2, 0.25) is 5.15 Å². The third kappa shape index (κ3) is 3.69. The first-order valence-corrected chi connectivity index (χ1v) is 6.23. The molecule has 4 nitrogen and oxygen atoms in total. The molecule has 0 aliphatic carbocycles. The number of anilines is 1. The Morgan fingerprint density at radius 3 is 2.63 bits per heavy atom. The van der Waals surface area contributed by atoms with Gasteiger partial charge in [0.05, 0.1) is 6.61 Å². The zero-order valence-corrected chi connectivity index (χ0v) is 11.1. The summed E-state index contributed by atoms with van der Waals surface area (Å²) >= 11 is 5.74.